The molecule has 1 unspecified atom stereocenters. The summed E-state index contributed by atoms with van der Waals surface area (Å²) in [6, 6.07) is 0.808. The van der Waals surface area contributed by atoms with Gasteiger partial charge in [0, 0.05) is 6.04 Å². The lowest BCUT2D eigenvalue weighted by atomic mass is 9.94. The molecule has 1 fully saturated rings. The van der Waals surface area contributed by atoms with Crippen LogP contribution in [0, 0.1) is 5.92 Å². The maximum absolute atomic E-state index is 3.95. The second kappa shape index (κ2) is 23.1. The molecule has 1 N–H and O–H groups in total. The van der Waals surface area contributed by atoms with E-state index in [0.29, 0.717) is 0 Å². The van der Waals surface area contributed by atoms with E-state index >= 15 is 0 Å². The molecule has 0 aliphatic heterocycles. The van der Waals surface area contributed by atoms with Gasteiger partial charge in [0.1, 0.15) is 0 Å². The summed E-state index contributed by atoms with van der Waals surface area (Å²) in [5.74, 6) is 1.01. The maximum atomic E-state index is 3.95. The van der Waals surface area contributed by atoms with Crippen LogP contribution in [0.3, 0.4) is 0 Å². The molecule has 1 saturated carbocycles. The predicted molar refractivity (Wildman–Crippen MR) is 142 cm³/mol. The first-order valence-corrected chi connectivity index (χ1v) is 15.1. The van der Waals surface area contributed by atoms with Crippen molar-refractivity contribution >= 4 is 0 Å². The first-order valence-electron chi connectivity index (χ1n) is 15.1. The molecule has 186 valence electrons. The highest BCUT2D eigenvalue weighted by atomic mass is 14.9. The predicted octanol–water partition coefficient (Wildman–Crippen LogP) is 10.4. The summed E-state index contributed by atoms with van der Waals surface area (Å²) >= 11 is 0. The number of rotatable bonds is 15. The Hall–Kier alpha value is -0.0400. The second-order valence-corrected chi connectivity index (χ2v) is 10.8. The molecule has 0 amide bonds. The first-order chi connectivity index (χ1) is 15.4. The fraction of sp³-hybridized carbons (Fsp3) is 1.00. The summed E-state index contributed by atoms with van der Waals surface area (Å²) < 4.78 is 0. The molecule has 0 heterocycles. The molecule has 0 spiro atoms. The summed E-state index contributed by atoms with van der Waals surface area (Å²) in [6.45, 7) is 5.97. The monoisotopic (exact) mass is 435 g/mol. The normalized spacial score (nSPS) is 19.2. The lowest BCUT2D eigenvalue weighted by molar-refractivity contribution is 0.400. The number of nitrogens with one attached hydrogen (secondary N) is 1. The third-order valence-electron chi connectivity index (χ3n) is 7.85. The van der Waals surface area contributed by atoms with Gasteiger partial charge in [0.15, 0.2) is 0 Å². The zero-order chi connectivity index (χ0) is 22.2. The molecule has 1 heteroatoms. The minimum atomic E-state index is 0.808. The topological polar surface area (TPSA) is 12.0 Å². The van der Waals surface area contributed by atoms with E-state index in [1.807, 2.05) is 0 Å². The van der Waals surface area contributed by atoms with E-state index < -0.39 is 0 Å². The van der Waals surface area contributed by atoms with Gasteiger partial charge < -0.3 is 5.32 Å². The van der Waals surface area contributed by atoms with Crippen molar-refractivity contribution in [3.63, 3.8) is 0 Å². The quantitative estimate of drug-likeness (QED) is 0.252. The van der Waals surface area contributed by atoms with Gasteiger partial charge in [-0.25, -0.2) is 0 Å². The SMILES string of the molecule is CCCC(CC)CCCCCCCCCCNC1CCCCCCCCCCCCC1. The highest BCUT2D eigenvalue weighted by Gasteiger charge is 2.08. The molecule has 1 aliphatic rings. The molecular weight excluding hydrogens is 374 g/mol. The largest absolute Gasteiger partial charge is 0.314 e. The Morgan fingerprint density at radius 1 is 0.548 bits per heavy atom. The Balaban J connectivity index is 1.96. The van der Waals surface area contributed by atoms with Crippen molar-refractivity contribution in [2.24, 2.45) is 5.92 Å². The zero-order valence-electron chi connectivity index (χ0n) is 22.0. The van der Waals surface area contributed by atoms with Crippen LogP contribution in [0.5, 0.6) is 0 Å². The Morgan fingerprint density at radius 2 is 1.00 bits per heavy atom. The minimum Gasteiger partial charge on any atom is -0.314 e. The molecule has 1 aliphatic carbocycles. The van der Waals surface area contributed by atoms with Gasteiger partial charge in [-0.2, -0.15) is 0 Å². The van der Waals surface area contributed by atoms with Crippen LogP contribution in [0.15, 0.2) is 0 Å². The van der Waals surface area contributed by atoms with Crippen molar-refractivity contribution in [3.05, 3.63) is 0 Å². The van der Waals surface area contributed by atoms with Crippen LogP contribution in [0.25, 0.3) is 0 Å². The molecule has 0 radical (unpaired) electrons. The van der Waals surface area contributed by atoms with Crippen molar-refractivity contribution in [3.8, 4) is 0 Å². The smallest absolute Gasteiger partial charge is 0.00670 e. The van der Waals surface area contributed by atoms with Crippen LogP contribution in [0.2, 0.25) is 0 Å². The molecule has 31 heavy (non-hydrogen) atoms. The van der Waals surface area contributed by atoms with Crippen LogP contribution in [0.1, 0.15) is 174 Å². The van der Waals surface area contributed by atoms with Crippen molar-refractivity contribution in [2.75, 3.05) is 6.54 Å². The van der Waals surface area contributed by atoms with E-state index in [4.69, 9.17) is 0 Å². The highest BCUT2D eigenvalue weighted by Crippen LogP contribution is 2.20. The number of unbranched alkanes of at least 4 members (excludes halogenated alkanes) is 7. The molecule has 1 rings (SSSR count). The minimum absolute atomic E-state index is 0.808. The van der Waals surface area contributed by atoms with Gasteiger partial charge >= 0.3 is 0 Å². The molecule has 0 saturated heterocycles. The number of hydrogen-bond acceptors (Lipinski definition) is 1. The summed E-state index contributed by atoms with van der Waals surface area (Å²) in [6.07, 6.45) is 36.4. The molecule has 0 aromatic rings. The lowest BCUT2D eigenvalue weighted by Gasteiger charge is -2.19. The van der Waals surface area contributed by atoms with Crippen molar-refractivity contribution in [2.45, 2.75) is 180 Å². The fourth-order valence-corrected chi connectivity index (χ4v) is 5.61. The lowest BCUT2D eigenvalue weighted by Crippen LogP contribution is -2.30. The standard InChI is InChI=1S/C30H61N/c1-3-24-29(4-2)25-20-16-12-10-11-15-19-23-28-31-30-26-21-17-13-8-6-5-7-9-14-18-22-27-30/h29-31H,3-28H2,1-2H3. The molecule has 1 nitrogen and oxygen atoms in total. The van der Waals surface area contributed by atoms with Crippen LogP contribution in [-0.4, -0.2) is 12.6 Å². The third-order valence-corrected chi connectivity index (χ3v) is 7.85. The van der Waals surface area contributed by atoms with Gasteiger partial charge in [-0.3, -0.25) is 0 Å². The Labute approximate surface area is 198 Å². The molecular formula is C30H61N. The van der Waals surface area contributed by atoms with Gasteiger partial charge in [0.05, 0.1) is 0 Å². The average Bonchev–Trinajstić information content (AvgIpc) is 2.78. The van der Waals surface area contributed by atoms with E-state index in [2.05, 4.69) is 19.2 Å². The fourth-order valence-electron chi connectivity index (χ4n) is 5.61. The summed E-state index contributed by atoms with van der Waals surface area (Å²) in [7, 11) is 0. The maximum Gasteiger partial charge on any atom is 0.00670 e. The van der Waals surface area contributed by atoms with Gasteiger partial charge in [-0.15, -0.1) is 0 Å². The van der Waals surface area contributed by atoms with E-state index in [0.717, 1.165) is 12.0 Å². The summed E-state index contributed by atoms with van der Waals surface area (Å²) in [4.78, 5) is 0. The molecule has 1 atom stereocenters. The van der Waals surface area contributed by atoms with Crippen molar-refractivity contribution in [1.82, 2.24) is 5.32 Å². The molecule has 0 aromatic carbocycles. The molecule has 0 bridgehead atoms. The van der Waals surface area contributed by atoms with E-state index in [1.165, 1.54) is 167 Å². The van der Waals surface area contributed by atoms with Crippen LogP contribution in [0.4, 0.5) is 0 Å². The van der Waals surface area contributed by atoms with Crippen LogP contribution >= 0.6 is 0 Å². The summed E-state index contributed by atoms with van der Waals surface area (Å²) in [5.41, 5.74) is 0. The Morgan fingerprint density at radius 3 is 1.48 bits per heavy atom. The zero-order valence-corrected chi connectivity index (χ0v) is 22.0. The third kappa shape index (κ3) is 19.2. The van der Waals surface area contributed by atoms with Gasteiger partial charge in [-0.1, -0.05) is 155 Å². The van der Waals surface area contributed by atoms with Crippen LogP contribution in [-0.2, 0) is 0 Å². The number of hydrogen-bond donors (Lipinski definition) is 1. The second-order valence-electron chi connectivity index (χ2n) is 10.8. The van der Waals surface area contributed by atoms with E-state index in [9.17, 15) is 0 Å². The van der Waals surface area contributed by atoms with E-state index in [1.54, 1.807) is 0 Å². The van der Waals surface area contributed by atoms with Gasteiger partial charge in [-0.05, 0) is 31.7 Å². The van der Waals surface area contributed by atoms with Gasteiger partial charge in [0.2, 0.25) is 0 Å². The first kappa shape index (κ1) is 29.0. The average molecular weight is 436 g/mol. The molecule has 0 aromatic heterocycles. The highest BCUT2D eigenvalue weighted by molar-refractivity contribution is 4.68. The van der Waals surface area contributed by atoms with Crippen molar-refractivity contribution < 1.29 is 0 Å². The van der Waals surface area contributed by atoms with Crippen molar-refractivity contribution in [1.29, 1.82) is 0 Å². The Kier molecular flexibility index (Phi) is 21.6. The van der Waals surface area contributed by atoms with Crippen LogP contribution < -0.4 is 5.32 Å². The van der Waals surface area contributed by atoms with E-state index in [-0.39, 0.29) is 0 Å². The van der Waals surface area contributed by atoms with Gasteiger partial charge in [0.25, 0.3) is 0 Å². The summed E-state index contributed by atoms with van der Waals surface area (Å²) in [5, 5.41) is 3.95. The Bertz CT molecular complexity index is 325.